The van der Waals surface area contributed by atoms with E-state index >= 15 is 0 Å². The second-order valence-corrected chi connectivity index (χ2v) is 9.19. The standard InChI is InChI=1S/C23H22ClFN6OS/c24-18-3-1-2-4-19(18)26-21(32)9-10-29-11-13-30(14-12-29)23-28-31-15-20(27-22(31)33-23)16-5-7-17(25)8-6-16/h1-8,15H,9-14H2,(H,26,32). The van der Waals surface area contributed by atoms with Gasteiger partial charge >= 0.3 is 0 Å². The second kappa shape index (κ2) is 9.46. The molecule has 0 unspecified atom stereocenters. The third-order valence-electron chi connectivity index (χ3n) is 5.62. The van der Waals surface area contributed by atoms with Gasteiger partial charge in [-0.05, 0) is 36.4 Å². The molecule has 1 saturated heterocycles. The molecule has 1 aliphatic rings. The van der Waals surface area contributed by atoms with Gasteiger partial charge in [-0.1, -0.05) is 35.1 Å². The maximum atomic E-state index is 13.2. The molecular weight excluding hydrogens is 463 g/mol. The van der Waals surface area contributed by atoms with E-state index in [2.05, 4.69) is 25.2 Å². The van der Waals surface area contributed by atoms with Crippen LogP contribution in [0.4, 0.5) is 15.2 Å². The van der Waals surface area contributed by atoms with Gasteiger partial charge in [0.2, 0.25) is 16.0 Å². The van der Waals surface area contributed by atoms with Crippen LogP contribution in [-0.4, -0.2) is 58.1 Å². The lowest BCUT2D eigenvalue weighted by Crippen LogP contribution is -2.47. The first-order valence-corrected chi connectivity index (χ1v) is 11.9. The molecule has 170 valence electrons. The molecule has 1 fully saturated rings. The summed E-state index contributed by atoms with van der Waals surface area (Å²) >= 11 is 7.64. The Kier molecular flexibility index (Phi) is 6.26. The number of halogens is 2. The number of nitrogens with zero attached hydrogens (tertiary/aromatic N) is 5. The molecule has 0 radical (unpaired) electrons. The number of carbonyl (C=O) groups is 1. The minimum absolute atomic E-state index is 0.0383. The number of hydrogen-bond donors (Lipinski definition) is 1. The average Bonchev–Trinajstić information content (AvgIpc) is 3.40. The predicted molar refractivity (Wildman–Crippen MR) is 130 cm³/mol. The zero-order valence-corrected chi connectivity index (χ0v) is 19.3. The van der Waals surface area contributed by atoms with Crippen molar-refractivity contribution in [3.63, 3.8) is 0 Å². The Morgan fingerprint density at radius 3 is 2.58 bits per heavy atom. The number of amides is 1. The molecule has 1 amide bonds. The molecule has 0 aliphatic carbocycles. The van der Waals surface area contributed by atoms with Crippen LogP contribution in [0.1, 0.15) is 6.42 Å². The number of piperazine rings is 1. The molecule has 0 saturated carbocycles. The van der Waals surface area contributed by atoms with E-state index in [0.29, 0.717) is 23.7 Å². The van der Waals surface area contributed by atoms with Crippen molar-refractivity contribution in [2.24, 2.45) is 0 Å². The van der Waals surface area contributed by atoms with Gasteiger partial charge in [0, 0.05) is 44.7 Å². The maximum Gasteiger partial charge on any atom is 0.225 e. The second-order valence-electron chi connectivity index (χ2n) is 7.85. The van der Waals surface area contributed by atoms with Crippen LogP contribution in [0.3, 0.4) is 0 Å². The van der Waals surface area contributed by atoms with E-state index in [0.717, 1.165) is 47.5 Å². The van der Waals surface area contributed by atoms with E-state index in [9.17, 15) is 9.18 Å². The van der Waals surface area contributed by atoms with E-state index in [1.165, 1.54) is 12.1 Å². The van der Waals surface area contributed by atoms with Gasteiger partial charge in [-0.2, -0.15) is 0 Å². The number of aromatic nitrogens is 3. The van der Waals surface area contributed by atoms with E-state index in [4.69, 9.17) is 11.6 Å². The summed E-state index contributed by atoms with van der Waals surface area (Å²) in [7, 11) is 0. The first-order chi connectivity index (χ1) is 16.0. The fourth-order valence-corrected chi connectivity index (χ4v) is 4.89. The molecule has 10 heteroatoms. The number of nitrogens with one attached hydrogen (secondary N) is 1. The van der Waals surface area contributed by atoms with Crippen LogP contribution in [0, 0.1) is 5.82 Å². The van der Waals surface area contributed by atoms with Crippen LogP contribution in [0.25, 0.3) is 16.2 Å². The molecule has 3 heterocycles. The molecule has 0 spiro atoms. The fourth-order valence-electron chi connectivity index (χ4n) is 3.77. The van der Waals surface area contributed by atoms with Crippen LogP contribution in [0.15, 0.2) is 54.7 Å². The molecule has 2 aromatic carbocycles. The smallest absolute Gasteiger partial charge is 0.225 e. The highest BCUT2D eigenvalue weighted by atomic mass is 35.5. The van der Waals surface area contributed by atoms with Crippen LogP contribution in [0.5, 0.6) is 0 Å². The third-order valence-corrected chi connectivity index (χ3v) is 6.93. The molecule has 2 aromatic heterocycles. The summed E-state index contributed by atoms with van der Waals surface area (Å²) in [5.74, 6) is -0.302. The van der Waals surface area contributed by atoms with Crippen molar-refractivity contribution in [1.82, 2.24) is 19.5 Å². The van der Waals surface area contributed by atoms with Crippen LogP contribution >= 0.6 is 22.9 Å². The summed E-state index contributed by atoms with van der Waals surface area (Å²) in [6.07, 6.45) is 2.29. The summed E-state index contributed by atoms with van der Waals surface area (Å²) in [4.78, 5) is 22.2. The molecule has 7 nitrogen and oxygen atoms in total. The predicted octanol–water partition coefficient (Wildman–Crippen LogP) is 4.40. The normalized spacial score (nSPS) is 14.7. The van der Waals surface area contributed by atoms with E-state index in [-0.39, 0.29) is 11.7 Å². The number of hydrogen-bond acceptors (Lipinski definition) is 6. The Labute approximate surface area is 199 Å². The first-order valence-electron chi connectivity index (χ1n) is 10.7. The number of fused-ring (bicyclic) bond motifs is 1. The Morgan fingerprint density at radius 1 is 1.09 bits per heavy atom. The van der Waals surface area contributed by atoms with Gasteiger partial charge in [0.05, 0.1) is 22.6 Å². The summed E-state index contributed by atoms with van der Waals surface area (Å²) in [6.45, 7) is 4.11. The van der Waals surface area contributed by atoms with Gasteiger partial charge in [-0.3, -0.25) is 9.69 Å². The summed E-state index contributed by atoms with van der Waals surface area (Å²) in [5.41, 5.74) is 2.29. The van der Waals surface area contributed by atoms with Crippen molar-refractivity contribution < 1.29 is 9.18 Å². The van der Waals surface area contributed by atoms with Crippen molar-refractivity contribution in [3.05, 3.63) is 65.6 Å². The highest BCUT2D eigenvalue weighted by Crippen LogP contribution is 2.27. The van der Waals surface area contributed by atoms with Crippen molar-refractivity contribution in [2.45, 2.75) is 6.42 Å². The monoisotopic (exact) mass is 484 g/mol. The van der Waals surface area contributed by atoms with Crippen molar-refractivity contribution in [2.75, 3.05) is 42.9 Å². The van der Waals surface area contributed by atoms with Crippen LogP contribution < -0.4 is 10.2 Å². The molecule has 1 aliphatic heterocycles. The van der Waals surface area contributed by atoms with Crippen LogP contribution in [-0.2, 0) is 4.79 Å². The van der Waals surface area contributed by atoms with Crippen molar-refractivity contribution in [3.8, 4) is 11.3 Å². The number of anilines is 2. The third kappa shape index (κ3) is 5.00. The van der Waals surface area contributed by atoms with Crippen molar-refractivity contribution in [1.29, 1.82) is 0 Å². The molecule has 0 bridgehead atoms. The minimum atomic E-state index is -0.263. The molecule has 0 atom stereocenters. The molecular formula is C23H22ClFN6OS. The lowest BCUT2D eigenvalue weighted by atomic mass is 10.2. The maximum absolute atomic E-state index is 13.2. The lowest BCUT2D eigenvalue weighted by molar-refractivity contribution is -0.116. The number of imidazole rings is 1. The molecule has 4 aromatic rings. The van der Waals surface area contributed by atoms with Gasteiger partial charge in [-0.15, -0.1) is 5.10 Å². The first kappa shape index (κ1) is 21.8. The number of rotatable bonds is 6. The van der Waals surface area contributed by atoms with Gasteiger partial charge < -0.3 is 10.2 Å². The van der Waals surface area contributed by atoms with Gasteiger partial charge in [0.25, 0.3) is 0 Å². The minimum Gasteiger partial charge on any atom is -0.344 e. The summed E-state index contributed by atoms with van der Waals surface area (Å²) < 4.78 is 14.9. The molecule has 33 heavy (non-hydrogen) atoms. The Balaban J connectivity index is 1.13. The fraction of sp³-hybridized carbons (Fsp3) is 0.261. The molecule has 1 N–H and O–H groups in total. The number of para-hydroxylation sites is 1. The van der Waals surface area contributed by atoms with Crippen molar-refractivity contribution >= 4 is 44.6 Å². The zero-order valence-electron chi connectivity index (χ0n) is 17.7. The van der Waals surface area contributed by atoms with E-state index in [1.807, 2.05) is 18.3 Å². The largest absolute Gasteiger partial charge is 0.344 e. The summed E-state index contributed by atoms with van der Waals surface area (Å²) in [5, 5.41) is 9.03. The van der Waals surface area contributed by atoms with Gasteiger partial charge in [0.1, 0.15) is 5.82 Å². The van der Waals surface area contributed by atoms with Crippen LogP contribution in [0.2, 0.25) is 5.02 Å². The lowest BCUT2D eigenvalue weighted by Gasteiger charge is -2.34. The summed E-state index contributed by atoms with van der Waals surface area (Å²) in [6, 6.07) is 13.5. The Morgan fingerprint density at radius 2 is 1.85 bits per heavy atom. The van der Waals surface area contributed by atoms with E-state index < -0.39 is 0 Å². The number of carbonyl (C=O) groups excluding carboxylic acids is 1. The highest BCUT2D eigenvalue weighted by Gasteiger charge is 2.21. The van der Waals surface area contributed by atoms with E-state index in [1.54, 1.807) is 40.1 Å². The topological polar surface area (TPSA) is 65.8 Å². The zero-order chi connectivity index (χ0) is 22.8. The quantitative estimate of drug-likeness (QED) is 0.439. The average molecular weight is 485 g/mol. The highest BCUT2D eigenvalue weighted by molar-refractivity contribution is 7.20. The Bertz CT molecular complexity index is 1230. The van der Waals surface area contributed by atoms with Gasteiger partial charge in [-0.25, -0.2) is 13.9 Å². The van der Waals surface area contributed by atoms with Gasteiger partial charge in [0.15, 0.2) is 0 Å². The number of benzene rings is 2. The molecule has 5 rings (SSSR count). The SMILES string of the molecule is O=C(CCN1CCN(c2nn3cc(-c4ccc(F)cc4)nc3s2)CC1)Nc1ccccc1Cl. The Hall–Kier alpha value is -3.01.